The molecule has 1 atom stereocenters. The molecule has 1 radical (unpaired) electrons. The molecule has 0 aliphatic rings. The fourth-order valence-corrected chi connectivity index (χ4v) is 1.66. The van der Waals surface area contributed by atoms with Crippen LogP contribution in [0.15, 0.2) is 24.3 Å². The first-order chi connectivity index (χ1) is 6.92. The van der Waals surface area contributed by atoms with E-state index in [1.54, 1.807) is 0 Å². The van der Waals surface area contributed by atoms with E-state index in [4.69, 9.17) is 0 Å². The molecule has 0 fully saturated rings. The van der Waals surface area contributed by atoms with Crippen molar-refractivity contribution in [2.75, 3.05) is 0 Å². The second kappa shape index (κ2) is 4.83. The van der Waals surface area contributed by atoms with Gasteiger partial charge in [-0.05, 0) is 35.3 Å². The second-order valence-corrected chi connectivity index (χ2v) is 5.49. The van der Waals surface area contributed by atoms with Gasteiger partial charge in [0, 0.05) is 0 Å². The molecule has 0 heteroatoms. The van der Waals surface area contributed by atoms with Crippen molar-refractivity contribution in [1.82, 2.24) is 0 Å². The van der Waals surface area contributed by atoms with Crippen LogP contribution in [0.5, 0.6) is 0 Å². The zero-order chi connectivity index (χ0) is 11.5. The van der Waals surface area contributed by atoms with Gasteiger partial charge in [0.15, 0.2) is 0 Å². The molecule has 0 spiro atoms. The van der Waals surface area contributed by atoms with Crippen molar-refractivity contribution in [2.24, 2.45) is 5.41 Å². The molecular formula is C15H23. The van der Waals surface area contributed by atoms with Crippen LogP contribution >= 0.6 is 0 Å². The third-order valence-corrected chi connectivity index (χ3v) is 2.72. The van der Waals surface area contributed by atoms with Gasteiger partial charge in [-0.2, -0.15) is 0 Å². The molecule has 0 bridgehead atoms. The lowest BCUT2D eigenvalue weighted by atomic mass is 9.87. The van der Waals surface area contributed by atoms with E-state index >= 15 is 0 Å². The molecule has 0 N–H and O–H groups in total. The van der Waals surface area contributed by atoms with E-state index < -0.39 is 0 Å². The first-order valence-electron chi connectivity index (χ1n) is 5.88. The van der Waals surface area contributed by atoms with Crippen molar-refractivity contribution < 1.29 is 0 Å². The second-order valence-electron chi connectivity index (χ2n) is 5.49. The summed E-state index contributed by atoms with van der Waals surface area (Å²) >= 11 is 0. The van der Waals surface area contributed by atoms with Gasteiger partial charge in [0.2, 0.25) is 0 Å². The van der Waals surface area contributed by atoms with Crippen LogP contribution in [0, 0.1) is 11.8 Å². The highest BCUT2D eigenvalue weighted by atomic mass is 14.2. The third-order valence-electron chi connectivity index (χ3n) is 2.72. The fraction of sp³-hybridized carbons (Fsp3) is 0.533. The summed E-state index contributed by atoms with van der Waals surface area (Å²) in [5.41, 5.74) is 3.04. The van der Waals surface area contributed by atoms with Crippen LogP contribution in [-0.4, -0.2) is 0 Å². The van der Waals surface area contributed by atoms with Crippen LogP contribution in [0.2, 0.25) is 0 Å². The molecule has 1 rings (SSSR count). The minimum atomic E-state index is 0.262. The Morgan fingerprint density at radius 3 is 2.07 bits per heavy atom. The summed E-state index contributed by atoms with van der Waals surface area (Å²) < 4.78 is 0. The molecule has 0 heterocycles. The minimum Gasteiger partial charge on any atom is -0.0648 e. The molecular weight excluding hydrogens is 180 g/mol. The van der Waals surface area contributed by atoms with Crippen molar-refractivity contribution in [3.8, 4) is 0 Å². The summed E-state index contributed by atoms with van der Waals surface area (Å²) in [4.78, 5) is 0. The van der Waals surface area contributed by atoms with Crippen LogP contribution in [0.3, 0.4) is 0 Å². The van der Waals surface area contributed by atoms with Crippen molar-refractivity contribution in [1.29, 1.82) is 0 Å². The van der Waals surface area contributed by atoms with E-state index in [1.807, 2.05) is 0 Å². The van der Waals surface area contributed by atoms with Gasteiger partial charge in [-0.15, -0.1) is 0 Å². The van der Waals surface area contributed by atoms with Crippen LogP contribution in [0.4, 0.5) is 0 Å². The van der Waals surface area contributed by atoms with E-state index in [-0.39, 0.29) is 5.41 Å². The van der Waals surface area contributed by atoms with Gasteiger partial charge < -0.3 is 0 Å². The lowest BCUT2D eigenvalue weighted by Gasteiger charge is -2.18. The van der Waals surface area contributed by atoms with E-state index in [2.05, 4.69) is 65.3 Å². The first kappa shape index (κ1) is 12.3. The Morgan fingerprint density at radius 2 is 1.67 bits per heavy atom. The molecule has 0 aliphatic carbocycles. The van der Waals surface area contributed by atoms with Crippen molar-refractivity contribution in [3.05, 3.63) is 41.8 Å². The van der Waals surface area contributed by atoms with E-state index in [0.717, 1.165) is 0 Å². The molecule has 0 aromatic heterocycles. The summed E-state index contributed by atoms with van der Waals surface area (Å²) in [7, 11) is 0. The van der Waals surface area contributed by atoms with E-state index in [9.17, 15) is 0 Å². The molecule has 0 saturated heterocycles. The Bertz CT molecular complexity index is 287. The smallest absolute Gasteiger partial charge is 0.00394 e. The van der Waals surface area contributed by atoms with Crippen LogP contribution in [0.1, 0.15) is 58.1 Å². The summed E-state index contributed by atoms with van der Waals surface area (Å²) in [6, 6.07) is 8.97. The van der Waals surface area contributed by atoms with Gasteiger partial charge in [-0.3, -0.25) is 0 Å². The Balaban J connectivity index is 2.72. The average Bonchev–Trinajstić information content (AvgIpc) is 2.15. The number of rotatable bonds is 3. The number of hydrogen-bond acceptors (Lipinski definition) is 0. The topological polar surface area (TPSA) is 0 Å². The minimum absolute atomic E-state index is 0.262. The maximum absolute atomic E-state index is 2.31. The van der Waals surface area contributed by atoms with Gasteiger partial charge in [0.1, 0.15) is 0 Å². The molecule has 1 aromatic carbocycles. The summed E-state index contributed by atoms with van der Waals surface area (Å²) in [5, 5.41) is 0. The molecule has 0 saturated carbocycles. The van der Waals surface area contributed by atoms with Gasteiger partial charge in [0.25, 0.3) is 0 Å². The molecule has 0 amide bonds. The predicted molar refractivity (Wildman–Crippen MR) is 68.0 cm³/mol. The lowest BCUT2D eigenvalue weighted by molar-refractivity contribution is 0.505. The highest BCUT2D eigenvalue weighted by Gasteiger charge is 2.11. The quantitative estimate of drug-likeness (QED) is 0.662. The van der Waals surface area contributed by atoms with Gasteiger partial charge in [0.05, 0.1) is 0 Å². The zero-order valence-electron chi connectivity index (χ0n) is 10.7. The highest BCUT2D eigenvalue weighted by molar-refractivity contribution is 5.30. The highest BCUT2D eigenvalue weighted by Crippen LogP contribution is 2.25. The Morgan fingerprint density at radius 1 is 1.13 bits per heavy atom. The molecule has 0 aliphatic heterocycles. The number of hydrogen-bond donors (Lipinski definition) is 0. The summed E-state index contributed by atoms with van der Waals surface area (Å²) in [6.07, 6.45) is 3.52. The maximum Gasteiger partial charge on any atom is -0.00394 e. The van der Waals surface area contributed by atoms with Crippen LogP contribution in [-0.2, 0) is 0 Å². The monoisotopic (exact) mass is 203 g/mol. The summed E-state index contributed by atoms with van der Waals surface area (Å²) in [5.74, 6) is 0.675. The third kappa shape index (κ3) is 4.07. The first-order valence-corrected chi connectivity index (χ1v) is 5.88. The van der Waals surface area contributed by atoms with E-state index in [0.29, 0.717) is 5.92 Å². The van der Waals surface area contributed by atoms with Crippen LogP contribution in [0.25, 0.3) is 0 Å². The Hall–Kier alpha value is -0.780. The van der Waals surface area contributed by atoms with Gasteiger partial charge in [-0.1, -0.05) is 58.9 Å². The van der Waals surface area contributed by atoms with Crippen molar-refractivity contribution in [3.63, 3.8) is 0 Å². The van der Waals surface area contributed by atoms with Gasteiger partial charge >= 0.3 is 0 Å². The SMILES string of the molecule is CCC(C)c1ccc([CH]C(C)(C)C)cc1. The molecule has 0 nitrogen and oxygen atoms in total. The summed E-state index contributed by atoms with van der Waals surface area (Å²) in [6.45, 7) is 11.2. The Labute approximate surface area is 94.7 Å². The standard InChI is InChI=1S/C15H23/c1-6-12(2)14-9-7-13(8-10-14)11-15(3,4)5/h7-12H,6H2,1-5H3. The maximum atomic E-state index is 2.31. The largest absolute Gasteiger partial charge is 0.0648 e. The predicted octanol–water partition coefficient (Wildman–Crippen LogP) is 4.80. The Kier molecular flexibility index (Phi) is 3.96. The number of benzene rings is 1. The molecule has 1 unspecified atom stereocenters. The average molecular weight is 203 g/mol. The molecule has 1 aromatic rings. The zero-order valence-corrected chi connectivity index (χ0v) is 10.7. The van der Waals surface area contributed by atoms with Crippen LogP contribution < -0.4 is 0 Å². The van der Waals surface area contributed by atoms with Crippen molar-refractivity contribution >= 4 is 0 Å². The van der Waals surface area contributed by atoms with Gasteiger partial charge in [-0.25, -0.2) is 0 Å². The molecule has 83 valence electrons. The normalized spacial score (nSPS) is 13.9. The van der Waals surface area contributed by atoms with Crippen molar-refractivity contribution in [2.45, 2.75) is 47.0 Å². The van der Waals surface area contributed by atoms with E-state index in [1.165, 1.54) is 17.5 Å². The molecule has 15 heavy (non-hydrogen) atoms. The fourth-order valence-electron chi connectivity index (χ4n) is 1.66. The lowest BCUT2D eigenvalue weighted by Crippen LogP contribution is -2.06.